The van der Waals surface area contributed by atoms with Gasteiger partial charge in [0.15, 0.2) is 0 Å². The monoisotopic (exact) mass is 484 g/mol. The molecule has 3 rings (SSSR count). The van der Waals surface area contributed by atoms with Gasteiger partial charge in [0.05, 0.1) is 29.8 Å². The molecule has 2 aliphatic heterocycles. The summed E-state index contributed by atoms with van der Waals surface area (Å²) in [7, 11) is 1.99. The van der Waals surface area contributed by atoms with Crippen molar-refractivity contribution >= 4 is 47.5 Å². The Morgan fingerprint density at radius 2 is 1.97 bits per heavy atom. The van der Waals surface area contributed by atoms with Crippen molar-refractivity contribution in [1.29, 1.82) is 0 Å². The van der Waals surface area contributed by atoms with Crippen LogP contribution in [0.3, 0.4) is 0 Å². The van der Waals surface area contributed by atoms with E-state index in [-0.39, 0.29) is 59.1 Å². The van der Waals surface area contributed by atoms with Gasteiger partial charge in [0, 0.05) is 12.1 Å². The molecule has 0 radical (unpaired) electrons. The molecule has 2 unspecified atom stereocenters. The van der Waals surface area contributed by atoms with Crippen LogP contribution in [0.5, 0.6) is 0 Å². The average Bonchev–Trinajstić information content (AvgIpc) is 3.09. The fourth-order valence-electron chi connectivity index (χ4n) is 5.29. The first kappa shape index (κ1) is 25.0. The molecule has 0 aromatic heterocycles. The number of quaternary nitrogens is 1. The summed E-state index contributed by atoms with van der Waals surface area (Å²) in [6.45, 7) is 6.30. The number of nitrogens with zero attached hydrogens (tertiary/aromatic N) is 1. The minimum Gasteiger partial charge on any atom is -0.610 e. The van der Waals surface area contributed by atoms with Crippen molar-refractivity contribution < 1.29 is 28.1 Å². The predicted octanol–water partition coefficient (Wildman–Crippen LogP) is 3.85. The van der Waals surface area contributed by atoms with E-state index in [1.165, 1.54) is 12.1 Å². The van der Waals surface area contributed by atoms with Crippen molar-refractivity contribution in [2.75, 3.05) is 20.2 Å². The van der Waals surface area contributed by atoms with Crippen LogP contribution in [0.4, 0.5) is 0 Å². The third-order valence-electron chi connectivity index (χ3n) is 7.24. The van der Waals surface area contributed by atoms with Crippen molar-refractivity contribution in [3.05, 3.63) is 33.8 Å². The van der Waals surface area contributed by atoms with Crippen molar-refractivity contribution in [2.24, 2.45) is 5.92 Å². The lowest BCUT2D eigenvalue weighted by atomic mass is 9.51. The summed E-state index contributed by atoms with van der Waals surface area (Å²) >= 11 is 12.0. The summed E-state index contributed by atoms with van der Waals surface area (Å²) in [6.07, 6.45) is 0.808. The van der Waals surface area contributed by atoms with E-state index in [0.717, 1.165) is 0 Å². The largest absolute Gasteiger partial charge is 0.610 e. The van der Waals surface area contributed by atoms with Gasteiger partial charge in [-0.05, 0) is 50.2 Å². The fourth-order valence-corrected chi connectivity index (χ4v) is 5.67. The van der Waals surface area contributed by atoms with Gasteiger partial charge in [0.2, 0.25) is 0 Å². The van der Waals surface area contributed by atoms with E-state index in [1.807, 2.05) is 20.9 Å². The Morgan fingerprint density at radius 3 is 2.62 bits per heavy atom. The number of likely N-dealkylation sites (N-methyl/N-ethyl adjacent to an activating group) is 1. The summed E-state index contributed by atoms with van der Waals surface area (Å²) < 4.78 is 12.5. The highest BCUT2D eigenvalue weighted by molar-refractivity contribution is 6.65. The zero-order chi connectivity index (χ0) is 23.8. The van der Waals surface area contributed by atoms with Crippen LogP contribution in [-0.4, -0.2) is 61.0 Å². The van der Waals surface area contributed by atoms with E-state index in [4.69, 9.17) is 32.5 Å². The smallest absolute Gasteiger partial charge is 0.531 e. The van der Waals surface area contributed by atoms with E-state index >= 15 is 0 Å². The Kier molecular flexibility index (Phi) is 7.30. The second-order valence-corrected chi connectivity index (χ2v) is 10.5. The van der Waals surface area contributed by atoms with Crippen molar-refractivity contribution in [3.63, 3.8) is 0 Å². The number of hydrogen-bond donors (Lipinski definition) is 1. The Morgan fingerprint density at radius 1 is 1.28 bits per heavy atom. The van der Waals surface area contributed by atoms with Crippen LogP contribution in [0.1, 0.15) is 50.9 Å². The number of hydrogen-bond acceptors (Lipinski definition) is 5. The van der Waals surface area contributed by atoms with Crippen LogP contribution in [0.2, 0.25) is 15.9 Å². The summed E-state index contributed by atoms with van der Waals surface area (Å²) in [5.74, 6) is -0.931. The van der Waals surface area contributed by atoms with E-state index in [1.54, 1.807) is 6.07 Å². The van der Waals surface area contributed by atoms with E-state index in [0.29, 0.717) is 22.4 Å². The minimum atomic E-state index is -2.05. The van der Waals surface area contributed by atoms with Crippen molar-refractivity contribution in [1.82, 2.24) is 5.32 Å². The normalized spacial score (nSPS) is 30.2. The third kappa shape index (κ3) is 4.30. The molecule has 0 spiro atoms. The molecule has 5 atom stereocenters. The number of Topliss-reactive ketones (excluding diaryl/α,β-unsaturated/α-hetero) is 1. The second kappa shape index (κ2) is 9.33. The van der Waals surface area contributed by atoms with Crippen LogP contribution in [0.25, 0.3) is 0 Å². The Hall–Kier alpha value is -1.61. The van der Waals surface area contributed by atoms with Gasteiger partial charge in [-0.2, -0.15) is 0 Å². The molecule has 1 amide bonds. The Labute approximate surface area is 199 Å². The summed E-state index contributed by atoms with van der Waals surface area (Å²) in [5, 5.41) is 3.27. The fraction of sp³-hybridized carbons (Fsp3) is 0.591. The molecule has 32 heavy (non-hydrogen) atoms. The SMILES string of the molecule is CC(C)C[C@H](CC(=O)CNC(=O)c1cc(Cl)ccc1Cl)[B-]12OC[C@@H](C)[N+]1(C)[C@H](C)C(=O)O2. The molecule has 1 N–H and O–H groups in total. The van der Waals surface area contributed by atoms with Crippen LogP contribution in [0.15, 0.2) is 18.2 Å². The number of ketones is 1. The summed E-state index contributed by atoms with van der Waals surface area (Å²) in [5.41, 5.74) is 0.212. The molecule has 2 fully saturated rings. The highest BCUT2D eigenvalue weighted by Crippen LogP contribution is 2.50. The van der Waals surface area contributed by atoms with Gasteiger partial charge in [-0.25, -0.2) is 4.79 Å². The van der Waals surface area contributed by atoms with Crippen LogP contribution < -0.4 is 5.32 Å². The summed E-state index contributed by atoms with van der Waals surface area (Å²) in [6, 6.07) is 4.30. The molecule has 0 bridgehead atoms. The zero-order valence-corrected chi connectivity index (χ0v) is 20.7. The molecule has 2 heterocycles. The number of rotatable bonds is 8. The lowest BCUT2D eigenvalue weighted by molar-refractivity contribution is -0.844. The molecule has 176 valence electrons. The molecular formula is C22H31BCl2N2O5. The molecular weight excluding hydrogens is 454 g/mol. The quantitative estimate of drug-likeness (QED) is 0.566. The highest BCUT2D eigenvalue weighted by Gasteiger charge is 2.70. The first-order valence-corrected chi connectivity index (χ1v) is 11.8. The molecule has 1 aromatic rings. The maximum absolute atomic E-state index is 12.9. The van der Waals surface area contributed by atoms with Crippen LogP contribution in [0, 0.1) is 5.92 Å². The van der Waals surface area contributed by atoms with Gasteiger partial charge in [-0.1, -0.05) is 43.5 Å². The minimum absolute atomic E-state index is 0.0749. The van der Waals surface area contributed by atoms with Gasteiger partial charge >= 0.3 is 12.7 Å². The zero-order valence-electron chi connectivity index (χ0n) is 19.2. The number of fused-ring (bicyclic) bond motifs is 1. The maximum Gasteiger partial charge on any atom is 0.531 e. The van der Waals surface area contributed by atoms with Crippen LogP contribution in [-0.2, 0) is 18.9 Å². The molecule has 7 nitrogen and oxygen atoms in total. The van der Waals surface area contributed by atoms with E-state index in [2.05, 4.69) is 19.2 Å². The number of carbonyl (C=O) groups is 3. The van der Waals surface area contributed by atoms with Gasteiger partial charge in [0.25, 0.3) is 5.91 Å². The first-order valence-electron chi connectivity index (χ1n) is 11.0. The van der Waals surface area contributed by atoms with Crippen molar-refractivity contribution in [3.8, 4) is 0 Å². The second-order valence-electron chi connectivity index (χ2n) is 9.68. The molecule has 10 heteroatoms. The Bertz CT molecular complexity index is 930. The average molecular weight is 485 g/mol. The van der Waals surface area contributed by atoms with Gasteiger partial charge < -0.3 is 19.0 Å². The molecule has 1 aromatic carbocycles. The third-order valence-corrected chi connectivity index (χ3v) is 7.81. The van der Waals surface area contributed by atoms with Gasteiger partial charge in [-0.3, -0.25) is 9.59 Å². The van der Waals surface area contributed by atoms with Crippen LogP contribution >= 0.6 is 23.2 Å². The first-order chi connectivity index (χ1) is 14.9. The molecule has 0 aliphatic carbocycles. The van der Waals surface area contributed by atoms with Gasteiger partial charge in [-0.15, -0.1) is 0 Å². The van der Waals surface area contributed by atoms with Crippen molar-refractivity contribution in [2.45, 2.75) is 58.4 Å². The highest BCUT2D eigenvalue weighted by atomic mass is 35.5. The molecule has 2 aliphatic rings. The predicted molar refractivity (Wildman–Crippen MR) is 125 cm³/mol. The topological polar surface area (TPSA) is 81.7 Å². The molecule has 2 saturated heterocycles. The van der Waals surface area contributed by atoms with Gasteiger partial charge in [0.1, 0.15) is 11.8 Å². The summed E-state index contributed by atoms with van der Waals surface area (Å²) in [4.78, 5) is 38.0. The molecule has 0 saturated carbocycles. The lowest BCUT2D eigenvalue weighted by Gasteiger charge is -2.50. The standard InChI is InChI=1S/C22H31BCl2N2O5/c1-13(2)8-16(23-27(5,14(3)12-31-23)15(4)22(30)32-23)9-18(28)11-26-21(29)19-10-17(24)6-7-20(19)25/h6-7,10,13-16H,8-9,11-12H2,1-5H3,(H,26,29)/t14-,15-,16-,23?,27?/m1/s1. The lowest BCUT2D eigenvalue weighted by Crippen LogP contribution is -2.68. The Balaban J connectivity index is 1.76. The maximum atomic E-state index is 12.9. The number of nitrogens with one attached hydrogen (secondary N) is 1. The van der Waals surface area contributed by atoms with E-state index in [9.17, 15) is 14.4 Å². The number of amides is 1. The number of benzene rings is 1. The number of halogens is 2. The van der Waals surface area contributed by atoms with E-state index < -0.39 is 12.6 Å². The number of carbonyl (C=O) groups excluding carboxylic acids is 3.